The van der Waals surface area contributed by atoms with E-state index in [0.29, 0.717) is 12.4 Å². The molecule has 0 aliphatic carbocycles. The van der Waals surface area contributed by atoms with Gasteiger partial charge < -0.3 is 10.0 Å². The van der Waals surface area contributed by atoms with Crippen LogP contribution in [0.3, 0.4) is 0 Å². The van der Waals surface area contributed by atoms with Crippen molar-refractivity contribution < 1.29 is 19.7 Å². The van der Waals surface area contributed by atoms with Crippen LogP contribution in [0.1, 0.15) is 11.4 Å². The van der Waals surface area contributed by atoms with Crippen molar-refractivity contribution in [3.8, 4) is 5.75 Å². The van der Waals surface area contributed by atoms with E-state index >= 15 is 0 Å². The molecule has 1 aliphatic heterocycles. The Morgan fingerprint density at radius 3 is 3.08 bits per heavy atom. The van der Waals surface area contributed by atoms with Gasteiger partial charge in [0.15, 0.2) is 6.04 Å². The highest BCUT2D eigenvalue weighted by atomic mass is 32.2. The number of benzene rings is 1. The third-order valence-electron chi connectivity index (χ3n) is 3.45. The van der Waals surface area contributed by atoms with Crippen molar-refractivity contribution in [1.82, 2.24) is 9.88 Å². The summed E-state index contributed by atoms with van der Waals surface area (Å²) < 4.78 is 0.883. The number of phenols is 1. The van der Waals surface area contributed by atoms with Crippen LogP contribution in [0.5, 0.6) is 5.75 Å². The highest BCUT2D eigenvalue weighted by molar-refractivity contribution is 8.15. The Hall–Kier alpha value is -1.68. The number of aliphatic imine (C=N–C) groups is 1. The number of carbonyl (C=O) groups excluding carboxylic acids is 1. The van der Waals surface area contributed by atoms with Crippen LogP contribution in [0.4, 0.5) is 0 Å². The average Bonchev–Trinajstić information content (AvgIpc) is 3.20. The molecule has 7 nitrogen and oxygen atoms in total. The van der Waals surface area contributed by atoms with E-state index in [1.165, 1.54) is 23.1 Å². The summed E-state index contributed by atoms with van der Waals surface area (Å²) in [7, 11) is 3.95. The number of aromatic hydroxyl groups is 1. The minimum absolute atomic E-state index is 0.205. The number of rotatable bonds is 7. The van der Waals surface area contributed by atoms with Crippen molar-refractivity contribution in [3.05, 3.63) is 23.2 Å². The monoisotopic (exact) mass is 381 g/mol. The van der Waals surface area contributed by atoms with E-state index < -0.39 is 12.0 Å². The molecule has 0 radical (unpaired) electrons. The van der Waals surface area contributed by atoms with Gasteiger partial charge in [-0.1, -0.05) is 0 Å². The Morgan fingerprint density at radius 2 is 2.28 bits per heavy atom. The number of fused-ring (bicyclic) bond motifs is 1. The Bertz CT molecular complexity index is 791. The molecule has 1 atom stereocenters. The van der Waals surface area contributed by atoms with Gasteiger partial charge in [-0.15, -0.1) is 23.1 Å². The van der Waals surface area contributed by atoms with Gasteiger partial charge in [0.1, 0.15) is 15.8 Å². The second-order valence-corrected chi connectivity index (χ2v) is 7.85. The van der Waals surface area contributed by atoms with E-state index in [9.17, 15) is 9.90 Å². The number of hydrogen-bond acceptors (Lipinski definition) is 9. The van der Waals surface area contributed by atoms with Crippen LogP contribution in [-0.4, -0.2) is 65.0 Å². The van der Waals surface area contributed by atoms with Crippen molar-refractivity contribution in [1.29, 1.82) is 0 Å². The topological polar surface area (TPSA) is 84.2 Å². The highest BCUT2D eigenvalue weighted by Crippen LogP contribution is 2.31. The molecule has 0 unspecified atom stereocenters. The van der Waals surface area contributed by atoms with E-state index in [0.717, 1.165) is 33.2 Å². The molecule has 2 aromatic rings. The molecular formula is C16H19N3O4S2. The molecule has 0 saturated carbocycles. The lowest BCUT2D eigenvalue weighted by Crippen LogP contribution is -2.22. The van der Waals surface area contributed by atoms with Crippen molar-refractivity contribution in [3.63, 3.8) is 0 Å². The fourth-order valence-electron chi connectivity index (χ4n) is 2.21. The lowest BCUT2D eigenvalue weighted by Gasteiger charge is -2.09. The minimum atomic E-state index is -0.575. The summed E-state index contributed by atoms with van der Waals surface area (Å²) in [6.07, 6.45) is 0.784. The van der Waals surface area contributed by atoms with Crippen LogP contribution in [0.15, 0.2) is 23.2 Å². The number of thioether (sulfide) groups is 1. The van der Waals surface area contributed by atoms with Gasteiger partial charge in [0.2, 0.25) is 0 Å². The average molecular weight is 381 g/mol. The van der Waals surface area contributed by atoms with Gasteiger partial charge in [0, 0.05) is 5.75 Å². The molecule has 0 bridgehead atoms. The molecule has 1 aliphatic rings. The van der Waals surface area contributed by atoms with Gasteiger partial charge in [-0.2, -0.15) is 4.89 Å². The highest BCUT2D eigenvalue weighted by Gasteiger charge is 2.29. The van der Waals surface area contributed by atoms with Crippen molar-refractivity contribution in [2.45, 2.75) is 12.5 Å². The molecule has 0 saturated heterocycles. The summed E-state index contributed by atoms with van der Waals surface area (Å²) in [4.78, 5) is 32.8. The molecule has 0 spiro atoms. The number of hydrogen-bond donors (Lipinski definition) is 1. The quantitative estimate of drug-likeness (QED) is 0.447. The molecule has 1 aromatic heterocycles. The first-order chi connectivity index (χ1) is 12.0. The van der Waals surface area contributed by atoms with Crippen LogP contribution in [0, 0.1) is 0 Å². The van der Waals surface area contributed by atoms with E-state index in [-0.39, 0.29) is 5.75 Å². The third kappa shape index (κ3) is 4.69. The van der Waals surface area contributed by atoms with Gasteiger partial charge in [-0.05, 0) is 45.3 Å². The van der Waals surface area contributed by atoms with Gasteiger partial charge in [0.25, 0.3) is 0 Å². The lowest BCUT2D eigenvalue weighted by molar-refractivity contribution is -0.273. The third-order valence-corrected chi connectivity index (χ3v) is 5.66. The van der Waals surface area contributed by atoms with Crippen molar-refractivity contribution in [2.24, 2.45) is 4.99 Å². The van der Waals surface area contributed by atoms with Gasteiger partial charge in [-0.25, -0.2) is 9.78 Å². The summed E-state index contributed by atoms with van der Waals surface area (Å²) in [5, 5.41) is 11.0. The van der Waals surface area contributed by atoms with Crippen LogP contribution in [-0.2, 0) is 14.6 Å². The van der Waals surface area contributed by atoms with E-state index in [2.05, 4.69) is 9.98 Å². The zero-order valence-corrected chi connectivity index (χ0v) is 15.6. The first-order valence-electron chi connectivity index (χ1n) is 7.81. The van der Waals surface area contributed by atoms with Crippen molar-refractivity contribution >= 4 is 44.3 Å². The first kappa shape index (κ1) is 18.1. The first-order valence-corrected chi connectivity index (χ1v) is 9.61. The normalized spacial score (nSPS) is 17.2. The van der Waals surface area contributed by atoms with E-state index in [1.807, 2.05) is 19.0 Å². The standard InChI is InChI=1S/C16H19N3O4S2/c1-19(2)6-3-7-22-23-16(21)12-9-24-14(18-12)15-17-11-5-4-10(20)8-13(11)25-15/h4-5,8,12,20H,3,6-7,9H2,1-2H3/t12-/m1/s1. The second kappa shape index (κ2) is 8.13. The van der Waals surface area contributed by atoms with Crippen molar-refractivity contribution in [2.75, 3.05) is 33.0 Å². The lowest BCUT2D eigenvalue weighted by atomic mass is 10.3. The summed E-state index contributed by atoms with van der Waals surface area (Å²) in [6.45, 7) is 1.23. The summed E-state index contributed by atoms with van der Waals surface area (Å²) in [5.41, 5.74) is 0.802. The zero-order chi connectivity index (χ0) is 17.8. The summed E-state index contributed by atoms with van der Waals surface area (Å²) in [6, 6.07) is 4.46. The Labute approximate surface area is 153 Å². The smallest absolute Gasteiger partial charge is 0.367 e. The van der Waals surface area contributed by atoms with E-state index in [1.54, 1.807) is 18.2 Å². The van der Waals surface area contributed by atoms with Crippen LogP contribution in [0.25, 0.3) is 10.2 Å². The predicted octanol–water partition coefficient (Wildman–Crippen LogP) is 2.29. The van der Waals surface area contributed by atoms with Gasteiger partial charge in [-0.3, -0.25) is 9.88 Å². The fourth-order valence-corrected chi connectivity index (χ4v) is 4.30. The molecule has 134 valence electrons. The Kier molecular flexibility index (Phi) is 5.89. The molecule has 1 aromatic carbocycles. The minimum Gasteiger partial charge on any atom is -0.508 e. The van der Waals surface area contributed by atoms with Crippen LogP contribution < -0.4 is 0 Å². The second-order valence-electron chi connectivity index (χ2n) is 5.81. The summed E-state index contributed by atoms with van der Waals surface area (Å²) >= 11 is 2.91. The molecule has 1 N–H and O–H groups in total. The molecule has 3 rings (SSSR count). The number of aromatic nitrogens is 1. The number of carbonyl (C=O) groups is 1. The number of phenolic OH excluding ortho intramolecular Hbond substituents is 1. The summed E-state index contributed by atoms with van der Waals surface area (Å²) in [5.74, 6) is 0.235. The number of nitrogens with zero attached hydrogens (tertiary/aromatic N) is 3. The largest absolute Gasteiger partial charge is 0.508 e. The number of thiazole rings is 1. The maximum Gasteiger partial charge on any atom is 0.367 e. The Balaban J connectivity index is 1.56. The van der Waals surface area contributed by atoms with Gasteiger partial charge >= 0.3 is 5.97 Å². The maximum absolute atomic E-state index is 12.0. The predicted molar refractivity (Wildman–Crippen MR) is 99.3 cm³/mol. The fraction of sp³-hybridized carbons (Fsp3) is 0.438. The maximum atomic E-state index is 12.0. The van der Waals surface area contributed by atoms with Crippen LogP contribution >= 0.6 is 23.1 Å². The van der Waals surface area contributed by atoms with Gasteiger partial charge in [0.05, 0.1) is 16.8 Å². The molecule has 0 amide bonds. The molecule has 0 fully saturated rings. The molecule has 9 heteroatoms. The van der Waals surface area contributed by atoms with E-state index in [4.69, 9.17) is 9.78 Å². The zero-order valence-electron chi connectivity index (χ0n) is 14.0. The molecule has 2 heterocycles. The Morgan fingerprint density at radius 1 is 1.44 bits per heavy atom. The molecular weight excluding hydrogens is 362 g/mol. The SMILES string of the molecule is CN(C)CCCOOC(=O)[C@H]1CSC(c2nc3ccc(O)cc3s2)=N1. The molecule has 25 heavy (non-hydrogen) atoms. The van der Waals surface area contributed by atoms with Crippen LogP contribution in [0.2, 0.25) is 0 Å².